The van der Waals surface area contributed by atoms with Crippen LogP contribution >= 0.6 is 0 Å². The molecule has 1 fully saturated rings. The zero-order valence-corrected chi connectivity index (χ0v) is 13.5. The number of piperidine rings is 1. The number of alkyl halides is 3. The highest BCUT2D eigenvalue weighted by Gasteiger charge is 2.36. The van der Waals surface area contributed by atoms with Gasteiger partial charge in [0.1, 0.15) is 0 Å². The van der Waals surface area contributed by atoms with Crippen molar-refractivity contribution in [3.05, 3.63) is 36.5 Å². The van der Waals surface area contributed by atoms with Gasteiger partial charge in [-0.3, -0.25) is 4.79 Å². The lowest BCUT2D eigenvalue weighted by atomic mass is 10.2. The normalized spacial score (nSPS) is 17.1. The lowest BCUT2D eigenvalue weighted by molar-refractivity contribution is -0.165. The fourth-order valence-electron chi connectivity index (χ4n) is 2.29. The Kier molecular flexibility index (Phi) is 5.66. The molecule has 0 radical (unpaired) electrons. The first kappa shape index (κ1) is 18.5. The summed E-state index contributed by atoms with van der Waals surface area (Å²) in [6, 6.07) is 5.62. The summed E-state index contributed by atoms with van der Waals surface area (Å²) in [6.07, 6.45) is -1.00. The van der Waals surface area contributed by atoms with Crippen molar-refractivity contribution >= 4 is 21.5 Å². The Morgan fingerprint density at radius 3 is 2.21 bits per heavy atom. The molecule has 132 valence electrons. The number of carbonyl (C=O) groups is 1. The largest absolute Gasteiger partial charge is 0.454 e. The summed E-state index contributed by atoms with van der Waals surface area (Å²) < 4.78 is 62.4. The van der Waals surface area contributed by atoms with Crippen molar-refractivity contribution in [3.8, 4) is 0 Å². The SMILES string of the molecule is O=C(C=CNc1ccc(S(=O)(=O)N2CCCCC2)cc1)C(F)(F)F. The first-order chi connectivity index (χ1) is 11.2. The van der Waals surface area contributed by atoms with Crippen LogP contribution in [0.5, 0.6) is 0 Å². The van der Waals surface area contributed by atoms with Crippen LogP contribution in [0.15, 0.2) is 41.4 Å². The van der Waals surface area contributed by atoms with Crippen LogP contribution in [0.4, 0.5) is 18.9 Å². The molecule has 1 saturated heterocycles. The van der Waals surface area contributed by atoms with Gasteiger partial charge in [-0.25, -0.2) is 8.42 Å². The molecule has 1 heterocycles. The molecule has 1 aromatic carbocycles. The van der Waals surface area contributed by atoms with Crippen molar-refractivity contribution in [1.82, 2.24) is 4.31 Å². The van der Waals surface area contributed by atoms with Crippen LogP contribution < -0.4 is 5.32 Å². The van der Waals surface area contributed by atoms with E-state index in [1.807, 2.05) is 0 Å². The van der Waals surface area contributed by atoms with E-state index < -0.39 is 22.0 Å². The monoisotopic (exact) mass is 362 g/mol. The lowest BCUT2D eigenvalue weighted by Crippen LogP contribution is -2.35. The predicted molar refractivity (Wildman–Crippen MR) is 82.9 cm³/mol. The average molecular weight is 362 g/mol. The van der Waals surface area contributed by atoms with E-state index in [1.54, 1.807) is 0 Å². The smallest absolute Gasteiger partial charge is 0.362 e. The van der Waals surface area contributed by atoms with Crippen molar-refractivity contribution in [1.29, 1.82) is 0 Å². The van der Waals surface area contributed by atoms with Gasteiger partial charge in [0.2, 0.25) is 10.0 Å². The molecule has 1 aliphatic heterocycles. The third-order valence-electron chi connectivity index (χ3n) is 3.57. The van der Waals surface area contributed by atoms with Crippen LogP contribution in [0.3, 0.4) is 0 Å². The van der Waals surface area contributed by atoms with Crippen molar-refractivity contribution < 1.29 is 26.4 Å². The number of rotatable bonds is 5. The fourth-order valence-corrected chi connectivity index (χ4v) is 3.80. The van der Waals surface area contributed by atoms with E-state index in [0.29, 0.717) is 24.9 Å². The Balaban J connectivity index is 2.02. The van der Waals surface area contributed by atoms with Gasteiger partial charge in [-0.05, 0) is 37.1 Å². The molecular formula is C15H17F3N2O3S. The number of nitrogens with zero attached hydrogens (tertiary/aromatic N) is 1. The van der Waals surface area contributed by atoms with Crippen molar-refractivity contribution in [2.75, 3.05) is 18.4 Å². The van der Waals surface area contributed by atoms with Gasteiger partial charge in [0.05, 0.1) is 4.90 Å². The zero-order valence-electron chi connectivity index (χ0n) is 12.7. The second kappa shape index (κ2) is 7.35. The van der Waals surface area contributed by atoms with Gasteiger partial charge in [-0.1, -0.05) is 6.42 Å². The molecule has 0 aromatic heterocycles. The molecule has 24 heavy (non-hydrogen) atoms. The van der Waals surface area contributed by atoms with E-state index >= 15 is 0 Å². The highest BCUT2D eigenvalue weighted by molar-refractivity contribution is 7.89. The van der Waals surface area contributed by atoms with Gasteiger partial charge in [-0.15, -0.1) is 0 Å². The highest BCUT2D eigenvalue weighted by atomic mass is 32.2. The van der Waals surface area contributed by atoms with E-state index in [2.05, 4.69) is 5.32 Å². The quantitative estimate of drug-likeness (QED) is 0.818. The molecule has 9 heteroatoms. The Labute approximate surface area is 138 Å². The van der Waals surface area contributed by atoms with E-state index in [1.165, 1.54) is 28.6 Å². The van der Waals surface area contributed by atoms with E-state index in [9.17, 15) is 26.4 Å². The second-order valence-corrected chi connectivity index (χ2v) is 7.27. The number of ketones is 1. The molecule has 1 aromatic rings. The van der Waals surface area contributed by atoms with Crippen molar-refractivity contribution in [3.63, 3.8) is 0 Å². The molecule has 1 aliphatic rings. The number of halogens is 3. The van der Waals surface area contributed by atoms with Crippen LogP contribution in [-0.2, 0) is 14.8 Å². The van der Waals surface area contributed by atoms with Gasteiger partial charge >= 0.3 is 6.18 Å². The van der Waals surface area contributed by atoms with E-state index in [-0.39, 0.29) is 4.90 Å². The lowest BCUT2D eigenvalue weighted by Gasteiger charge is -2.25. The number of carbonyl (C=O) groups excluding carboxylic acids is 1. The maximum atomic E-state index is 12.4. The third kappa shape index (κ3) is 4.57. The minimum atomic E-state index is -4.91. The van der Waals surface area contributed by atoms with Gasteiger partial charge in [0, 0.05) is 31.1 Å². The minimum absolute atomic E-state index is 0.130. The number of anilines is 1. The Bertz CT molecular complexity index is 706. The molecule has 0 amide bonds. The Morgan fingerprint density at radius 1 is 1.08 bits per heavy atom. The van der Waals surface area contributed by atoms with Gasteiger partial charge in [0.15, 0.2) is 0 Å². The molecule has 1 N–H and O–H groups in total. The van der Waals surface area contributed by atoms with E-state index in [4.69, 9.17) is 0 Å². The topological polar surface area (TPSA) is 66.5 Å². The standard InChI is InChI=1S/C15H17F3N2O3S/c16-15(17,18)14(21)8-9-19-12-4-6-13(7-5-12)24(22,23)20-10-2-1-3-11-20/h4-9,19H,1-3,10-11H2. The number of hydrogen-bond donors (Lipinski definition) is 1. The first-order valence-electron chi connectivity index (χ1n) is 7.36. The zero-order chi connectivity index (χ0) is 17.8. The van der Waals surface area contributed by atoms with Gasteiger partial charge in [-0.2, -0.15) is 17.5 Å². The van der Waals surface area contributed by atoms with Crippen LogP contribution in [0.25, 0.3) is 0 Å². The highest BCUT2D eigenvalue weighted by Crippen LogP contribution is 2.22. The number of benzene rings is 1. The van der Waals surface area contributed by atoms with Crippen LogP contribution in [0, 0.1) is 0 Å². The Morgan fingerprint density at radius 2 is 1.67 bits per heavy atom. The maximum Gasteiger partial charge on any atom is 0.454 e. The van der Waals surface area contributed by atoms with E-state index in [0.717, 1.165) is 25.5 Å². The summed E-state index contributed by atoms with van der Waals surface area (Å²) >= 11 is 0. The molecular weight excluding hydrogens is 345 g/mol. The first-order valence-corrected chi connectivity index (χ1v) is 8.80. The second-order valence-electron chi connectivity index (χ2n) is 5.33. The molecule has 0 spiro atoms. The summed E-state index contributed by atoms with van der Waals surface area (Å²) in [4.78, 5) is 10.8. The molecule has 0 atom stereocenters. The molecule has 0 saturated carbocycles. The van der Waals surface area contributed by atoms with Gasteiger partial charge < -0.3 is 5.32 Å². The molecule has 5 nitrogen and oxygen atoms in total. The summed E-state index contributed by atoms with van der Waals surface area (Å²) in [5, 5.41) is 2.50. The number of allylic oxidation sites excluding steroid dienone is 1. The number of hydrogen-bond acceptors (Lipinski definition) is 4. The summed E-state index contributed by atoms with van der Waals surface area (Å²) in [5.41, 5.74) is 0.374. The molecule has 0 aliphatic carbocycles. The van der Waals surface area contributed by atoms with Crippen LogP contribution in [0.2, 0.25) is 0 Å². The predicted octanol–water partition coefficient (Wildman–Crippen LogP) is 2.92. The summed E-state index contributed by atoms with van der Waals surface area (Å²) in [5.74, 6) is -1.97. The molecule has 0 bridgehead atoms. The average Bonchev–Trinajstić information content (AvgIpc) is 2.55. The number of nitrogens with one attached hydrogen (secondary N) is 1. The fraction of sp³-hybridized carbons (Fsp3) is 0.400. The van der Waals surface area contributed by atoms with Crippen molar-refractivity contribution in [2.45, 2.75) is 30.3 Å². The minimum Gasteiger partial charge on any atom is -0.362 e. The third-order valence-corrected chi connectivity index (χ3v) is 5.48. The van der Waals surface area contributed by atoms with Crippen LogP contribution in [0.1, 0.15) is 19.3 Å². The molecule has 0 unspecified atom stereocenters. The summed E-state index contributed by atoms with van der Waals surface area (Å²) in [7, 11) is -3.55. The summed E-state index contributed by atoms with van der Waals surface area (Å²) in [6.45, 7) is 0.981. The number of sulfonamides is 1. The Hall–Kier alpha value is -1.87. The molecule has 2 rings (SSSR count). The maximum absolute atomic E-state index is 12.4. The van der Waals surface area contributed by atoms with Crippen LogP contribution in [-0.4, -0.2) is 37.8 Å². The van der Waals surface area contributed by atoms with Crippen molar-refractivity contribution in [2.24, 2.45) is 0 Å². The van der Waals surface area contributed by atoms with Gasteiger partial charge in [0.25, 0.3) is 5.78 Å².